The van der Waals surface area contributed by atoms with Crippen molar-refractivity contribution >= 4 is 17.3 Å². The van der Waals surface area contributed by atoms with Crippen molar-refractivity contribution < 1.29 is 4.39 Å². The third kappa shape index (κ3) is 3.70. The average molecular weight is 311 g/mol. The summed E-state index contributed by atoms with van der Waals surface area (Å²) in [6.07, 6.45) is 8.75. The standard InChI is InChI=1S/C17H24ClFN2/c18-12-8-9-17(14(19)11-12)21-16-7-2-1-5-13(16)15-6-3-4-10-20-15/h8-9,11,13,15-16,20-21H,1-7,10H2. The highest BCUT2D eigenvalue weighted by molar-refractivity contribution is 6.30. The lowest BCUT2D eigenvalue weighted by molar-refractivity contribution is 0.217. The SMILES string of the molecule is Fc1cc(Cl)ccc1NC1CCCCC1C1CCCCN1. The molecule has 1 heterocycles. The van der Waals surface area contributed by atoms with E-state index < -0.39 is 0 Å². The highest BCUT2D eigenvalue weighted by Crippen LogP contribution is 2.33. The number of nitrogens with one attached hydrogen (secondary N) is 2. The Hall–Kier alpha value is -0.800. The monoisotopic (exact) mass is 310 g/mol. The molecule has 0 radical (unpaired) electrons. The third-order valence-electron chi connectivity index (χ3n) is 4.96. The van der Waals surface area contributed by atoms with Crippen molar-refractivity contribution in [3.05, 3.63) is 29.0 Å². The van der Waals surface area contributed by atoms with E-state index in [1.165, 1.54) is 44.6 Å². The van der Waals surface area contributed by atoms with Crippen molar-refractivity contribution in [2.45, 2.75) is 57.0 Å². The second kappa shape index (κ2) is 6.97. The maximum Gasteiger partial charge on any atom is 0.147 e. The van der Waals surface area contributed by atoms with Crippen LogP contribution in [0.15, 0.2) is 18.2 Å². The molecule has 1 aliphatic heterocycles. The molecule has 1 aromatic rings. The van der Waals surface area contributed by atoms with Crippen LogP contribution in [0, 0.1) is 11.7 Å². The molecule has 1 saturated heterocycles. The van der Waals surface area contributed by atoms with E-state index in [0.717, 1.165) is 13.0 Å². The molecule has 1 aromatic carbocycles. The largest absolute Gasteiger partial charge is 0.380 e. The fourth-order valence-electron chi connectivity index (χ4n) is 3.87. The Morgan fingerprint density at radius 3 is 2.67 bits per heavy atom. The number of rotatable bonds is 3. The second-order valence-electron chi connectivity index (χ2n) is 6.38. The first-order chi connectivity index (χ1) is 10.2. The molecular formula is C17H24ClFN2. The van der Waals surface area contributed by atoms with Crippen molar-refractivity contribution in [1.29, 1.82) is 0 Å². The summed E-state index contributed by atoms with van der Waals surface area (Å²) in [6.45, 7) is 1.13. The van der Waals surface area contributed by atoms with Gasteiger partial charge in [0.05, 0.1) is 5.69 Å². The molecule has 0 bridgehead atoms. The molecule has 0 aromatic heterocycles. The van der Waals surface area contributed by atoms with E-state index >= 15 is 0 Å². The van der Waals surface area contributed by atoms with Gasteiger partial charge in [-0.15, -0.1) is 0 Å². The van der Waals surface area contributed by atoms with E-state index in [4.69, 9.17) is 11.6 Å². The van der Waals surface area contributed by atoms with Crippen molar-refractivity contribution in [3.8, 4) is 0 Å². The van der Waals surface area contributed by atoms with Gasteiger partial charge in [-0.2, -0.15) is 0 Å². The number of piperidine rings is 1. The van der Waals surface area contributed by atoms with E-state index in [-0.39, 0.29) is 5.82 Å². The number of halogens is 2. The smallest absolute Gasteiger partial charge is 0.147 e. The molecule has 2 N–H and O–H groups in total. The van der Waals surface area contributed by atoms with Crippen LogP contribution in [0.4, 0.5) is 10.1 Å². The molecule has 3 atom stereocenters. The van der Waals surface area contributed by atoms with Crippen molar-refractivity contribution in [2.75, 3.05) is 11.9 Å². The number of hydrogen-bond acceptors (Lipinski definition) is 2. The Bertz CT molecular complexity index is 474. The molecule has 2 aliphatic rings. The summed E-state index contributed by atoms with van der Waals surface area (Å²) in [4.78, 5) is 0. The summed E-state index contributed by atoms with van der Waals surface area (Å²) >= 11 is 5.83. The van der Waals surface area contributed by atoms with Crippen molar-refractivity contribution in [2.24, 2.45) is 5.92 Å². The zero-order chi connectivity index (χ0) is 14.7. The summed E-state index contributed by atoms with van der Waals surface area (Å²) in [6, 6.07) is 5.86. The van der Waals surface area contributed by atoms with Crippen LogP contribution >= 0.6 is 11.6 Å². The summed E-state index contributed by atoms with van der Waals surface area (Å²) in [7, 11) is 0. The molecule has 21 heavy (non-hydrogen) atoms. The first kappa shape index (κ1) is 15.1. The summed E-state index contributed by atoms with van der Waals surface area (Å²) in [5, 5.41) is 7.57. The van der Waals surface area contributed by atoms with Crippen LogP contribution in [-0.2, 0) is 0 Å². The zero-order valence-corrected chi connectivity index (χ0v) is 13.1. The Balaban J connectivity index is 1.71. The Labute approximate surface area is 131 Å². The topological polar surface area (TPSA) is 24.1 Å². The lowest BCUT2D eigenvalue weighted by atomic mass is 9.77. The van der Waals surface area contributed by atoms with Gasteiger partial charge in [0, 0.05) is 17.1 Å². The maximum absolute atomic E-state index is 14.0. The number of benzene rings is 1. The van der Waals surface area contributed by atoms with Crippen LogP contribution in [0.3, 0.4) is 0 Å². The quantitative estimate of drug-likeness (QED) is 0.853. The van der Waals surface area contributed by atoms with Gasteiger partial charge in [-0.05, 0) is 56.3 Å². The number of anilines is 1. The minimum Gasteiger partial charge on any atom is -0.380 e. The van der Waals surface area contributed by atoms with Gasteiger partial charge in [0.2, 0.25) is 0 Å². The summed E-state index contributed by atoms with van der Waals surface area (Å²) in [5.74, 6) is 0.359. The van der Waals surface area contributed by atoms with E-state index in [9.17, 15) is 4.39 Å². The molecule has 1 saturated carbocycles. The first-order valence-corrected chi connectivity index (χ1v) is 8.57. The van der Waals surface area contributed by atoms with Gasteiger partial charge in [0.1, 0.15) is 5.82 Å². The Morgan fingerprint density at radius 2 is 1.90 bits per heavy atom. The minimum atomic E-state index is -0.247. The highest BCUT2D eigenvalue weighted by atomic mass is 35.5. The van der Waals surface area contributed by atoms with E-state index in [1.54, 1.807) is 12.1 Å². The van der Waals surface area contributed by atoms with Crippen LogP contribution in [0.5, 0.6) is 0 Å². The van der Waals surface area contributed by atoms with Crippen LogP contribution in [0.25, 0.3) is 0 Å². The molecule has 0 amide bonds. The highest BCUT2D eigenvalue weighted by Gasteiger charge is 2.32. The number of hydrogen-bond donors (Lipinski definition) is 2. The van der Waals surface area contributed by atoms with E-state index in [2.05, 4.69) is 10.6 Å². The Kier molecular flexibility index (Phi) is 5.02. The molecule has 2 fully saturated rings. The predicted molar refractivity (Wildman–Crippen MR) is 86.4 cm³/mol. The van der Waals surface area contributed by atoms with Gasteiger partial charge in [-0.25, -0.2) is 4.39 Å². The molecule has 4 heteroatoms. The molecule has 3 unspecified atom stereocenters. The Morgan fingerprint density at radius 1 is 1.10 bits per heavy atom. The fraction of sp³-hybridized carbons (Fsp3) is 0.647. The summed E-state index contributed by atoms with van der Waals surface area (Å²) in [5.41, 5.74) is 0.590. The molecule has 3 rings (SSSR count). The van der Waals surface area contributed by atoms with Gasteiger partial charge in [-0.3, -0.25) is 0 Å². The lowest BCUT2D eigenvalue weighted by Gasteiger charge is -2.40. The van der Waals surface area contributed by atoms with E-state index in [1.807, 2.05) is 0 Å². The zero-order valence-electron chi connectivity index (χ0n) is 12.4. The fourth-order valence-corrected chi connectivity index (χ4v) is 4.03. The third-order valence-corrected chi connectivity index (χ3v) is 5.19. The first-order valence-electron chi connectivity index (χ1n) is 8.19. The minimum absolute atomic E-state index is 0.247. The van der Waals surface area contributed by atoms with Gasteiger partial charge in [0.25, 0.3) is 0 Å². The van der Waals surface area contributed by atoms with Gasteiger partial charge >= 0.3 is 0 Å². The van der Waals surface area contributed by atoms with Crippen molar-refractivity contribution in [1.82, 2.24) is 5.32 Å². The molecule has 2 nitrogen and oxygen atoms in total. The van der Waals surface area contributed by atoms with Gasteiger partial charge in [0.15, 0.2) is 0 Å². The second-order valence-corrected chi connectivity index (χ2v) is 6.82. The normalized spacial score (nSPS) is 30.1. The summed E-state index contributed by atoms with van der Waals surface area (Å²) < 4.78 is 14.0. The van der Waals surface area contributed by atoms with Gasteiger partial charge in [-0.1, -0.05) is 30.9 Å². The van der Waals surface area contributed by atoms with Crippen LogP contribution in [0.1, 0.15) is 44.9 Å². The van der Waals surface area contributed by atoms with Gasteiger partial charge < -0.3 is 10.6 Å². The van der Waals surface area contributed by atoms with E-state index in [0.29, 0.717) is 28.7 Å². The lowest BCUT2D eigenvalue weighted by Crippen LogP contribution is -2.48. The van der Waals surface area contributed by atoms with Crippen molar-refractivity contribution in [3.63, 3.8) is 0 Å². The average Bonchev–Trinajstić information content (AvgIpc) is 2.51. The molecular weight excluding hydrogens is 287 g/mol. The van der Waals surface area contributed by atoms with Crippen LogP contribution < -0.4 is 10.6 Å². The van der Waals surface area contributed by atoms with Crippen LogP contribution in [0.2, 0.25) is 5.02 Å². The molecule has 1 aliphatic carbocycles. The molecule has 116 valence electrons. The predicted octanol–water partition coefficient (Wildman–Crippen LogP) is 4.59. The maximum atomic E-state index is 14.0. The van der Waals surface area contributed by atoms with Crippen LogP contribution in [-0.4, -0.2) is 18.6 Å². The molecule has 0 spiro atoms.